The molecule has 0 atom stereocenters. The summed E-state index contributed by atoms with van der Waals surface area (Å²) in [6, 6.07) is 12.3. The van der Waals surface area contributed by atoms with Crippen molar-refractivity contribution in [1.29, 1.82) is 0 Å². The first-order valence-corrected chi connectivity index (χ1v) is 16.5. The van der Waals surface area contributed by atoms with Gasteiger partial charge in [-0.25, -0.2) is 9.97 Å². The first-order chi connectivity index (χ1) is 13.6. The smallest absolute Gasteiger partial charge is 0.250 e. The summed E-state index contributed by atoms with van der Waals surface area (Å²) in [7, 11) is -3.99. The molecule has 0 bridgehead atoms. The molecule has 2 aromatic rings. The monoisotopic (exact) mass is 441 g/mol. The Bertz CT molecular complexity index is 881. The number of hydrogen-bond acceptors (Lipinski definition) is 4. The van der Waals surface area contributed by atoms with Crippen molar-refractivity contribution in [3.05, 3.63) is 54.9 Å². The van der Waals surface area contributed by atoms with Crippen molar-refractivity contribution in [3.8, 4) is 0 Å². The third-order valence-corrected chi connectivity index (χ3v) is 16.3. The topological polar surface area (TPSA) is 38.2 Å². The van der Waals surface area contributed by atoms with Gasteiger partial charge in [-0.2, -0.15) is 0 Å². The fourth-order valence-corrected chi connectivity index (χ4v) is 5.83. The number of aromatic nitrogens is 2. The average molecular weight is 442 g/mol. The van der Waals surface area contributed by atoms with Crippen molar-refractivity contribution in [1.82, 2.24) is 9.97 Å². The molecular weight excluding hydrogens is 402 g/mol. The second-order valence-electron chi connectivity index (χ2n) is 11.0. The molecule has 0 aliphatic heterocycles. The van der Waals surface area contributed by atoms with Gasteiger partial charge in [0.05, 0.1) is 0 Å². The van der Waals surface area contributed by atoms with Crippen LogP contribution in [0.15, 0.2) is 49.2 Å². The van der Waals surface area contributed by atoms with E-state index in [4.69, 9.17) is 9.41 Å². The molecule has 2 rings (SSSR count). The zero-order valence-electron chi connectivity index (χ0n) is 20.5. The van der Waals surface area contributed by atoms with Crippen LogP contribution in [0.1, 0.15) is 47.2 Å². The molecule has 1 aromatic heterocycles. The van der Waals surface area contributed by atoms with E-state index < -0.39 is 16.6 Å². The summed E-state index contributed by atoms with van der Waals surface area (Å²) in [5, 5.41) is 0.222. The highest BCUT2D eigenvalue weighted by Gasteiger charge is 2.44. The Balaban J connectivity index is 2.52. The molecule has 0 N–H and O–H groups in total. The summed E-state index contributed by atoms with van der Waals surface area (Å²) in [5.74, 6) is 1.35. The second-order valence-corrected chi connectivity index (χ2v) is 20.8. The van der Waals surface area contributed by atoms with Crippen molar-refractivity contribution < 1.29 is 4.43 Å². The van der Waals surface area contributed by atoms with E-state index in [9.17, 15) is 0 Å². The highest BCUT2D eigenvalue weighted by atomic mass is 28.4. The van der Waals surface area contributed by atoms with Crippen molar-refractivity contribution in [2.75, 3.05) is 4.57 Å². The van der Waals surface area contributed by atoms with Gasteiger partial charge in [-0.3, -0.25) is 0 Å². The third-order valence-electron chi connectivity index (χ3n) is 6.72. The lowest BCUT2D eigenvalue weighted by Gasteiger charge is -2.46. The summed E-state index contributed by atoms with van der Waals surface area (Å²) >= 11 is 0. The summed E-state index contributed by atoms with van der Waals surface area (Å²) in [5.41, 5.74) is 1.88. The van der Waals surface area contributed by atoms with Crippen LogP contribution in [0.25, 0.3) is 5.76 Å². The Labute approximate surface area is 185 Å². The fraction of sp³-hybridized carbons (Fsp3) is 0.500. The molecule has 0 saturated heterocycles. The van der Waals surface area contributed by atoms with Gasteiger partial charge < -0.3 is 8.99 Å². The molecular formula is C24H39N3OSi2. The molecule has 6 heteroatoms. The van der Waals surface area contributed by atoms with Crippen molar-refractivity contribution >= 4 is 33.9 Å². The Kier molecular flexibility index (Phi) is 6.74. The molecule has 0 saturated carbocycles. The van der Waals surface area contributed by atoms with Crippen molar-refractivity contribution in [2.45, 2.75) is 77.8 Å². The van der Waals surface area contributed by atoms with E-state index in [1.807, 2.05) is 18.3 Å². The summed E-state index contributed by atoms with van der Waals surface area (Å²) < 4.78 is 8.79. The molecule has 0 aliphatic carbocycles. The lowest BCUT2D eigenvalue weighted by Crippen LogP contribution is -2.53. The Hall–Kier alpha value is -1.93. The highest BCUT2D eigenvalue weighted by Crippen LogP contribution is 2.44. The van der Waals surface area contributed by atoms with Crippen molar-refractivity contribution in [2.24, 2.45) is 0 Å². The maximum absolute atomic E-state index is 6.43. The molecule has 30 heavy (non-hydrogen) atoms. The molecule has 1 heterocycles. The number of anilines is 2. The first-order valence-electron chi connectivity index (χ1n) is 10.6. The normalized spacial score (nSPS) is 13.1. The minimum absolute atomic E-state index is 0.100. The van der Waals surface area contributed by atoms with E-state index in [0.29, 0.717) is 11.7 Å². The highest BCUT2D eigenvalue weighted by molar-refractivity contribution is 6.84. The van der Waals surface area contributed by atoms with Crippen LogP contribution in [-0.4, -0.2) is 26.5 Å². The van der Waals surface area contributed by atoms with Gasteiger partial charge in [0.25, 0.3) is 8.32 Å². The number of hydrogen-bond donors (Lipinski definition) is 0. The van der Waals surface area contributed by atoms with Crippen LogP contribution in [0.4, 0.5) is 11.6 Å². The van der Waals surface area contributed by atoms with Gasteiger partial charge in [-0.05, 0) is 41.4 Å². The van der Waals surface area contributed by atoms with Crippen LogP contribution in [0.3, 0.4) is 0 Å². The molecule has 0 amide bonds. The van der Waals surface area contributed by atoms with Gasteiger partial charge in [-0.1, -0.05) is 79.4 Å². The summed E-state index contributed by atoms with van der Waals surface area (Å²) in [6.45, 7) is 27.0. The number of benzene rings is 1. The van der Waals surface area contributed by atoms with Crippen LogP contribution in [0.5, 0.6) is 0 Å². The number of rotatable bonds is 6. The number of para-hydroxylation sites is 1. The van der Waals surface area contributed by atoms with Crippen molar-refractivity contribution in [3.63, 3.8) is 0 Å². The van der Waals surface area contributed by atoms with Gasteiger partial charge in [0.15, 0.2) is 8.24 Å². The predicted molar refractivity (Wildman–Crippen MR) is 135 cm³/mol. The molecule has 4 nitrogen and oxygen atoms in total. The lowest BCUT2D eigenvalue weighted by atomic mass is 10.2. The Morgan fingerprint density at radius 2 is 1.47 bits per heavy atom. The Morgan fingerprint density at radius 3 is 1.97 bits per heavy atom. The molecule has 0 aliphatic rings. The van der Waals surface area contributed by atoms with E-state index in [0.717, 1.165) is 11.4 Å². The van der Waals surface area contributed by atoms with Crippen LogP contribution in [-0.2, 0) is 4.43 Å². The third kappa shape index (κ3) is 5.03. The zero-order valence-corrected chi connectivity index (χ0v) is 22.5. The molecule has 0 fully saturated rings. The fourth-order valence-electron chi connectivity index (χ4n) is 2.73. The van der Waals surface area contributed by atoms with Crippen LogP contribution < -0.4 is 4.57 Å². The molecule has 0 unspecified atom stereocenters. The summed E-state index contributed by atoms with van der Waals surface area (Å²) in [6.07, 6.45) is 1.82. The van der Waals surface area contributed by atoms with E-state index in [2.05, 4.69) is 108 Å². The minimum Gasteiger partial charge on any atom is -0.542 e. The van der Waals surface area contributed by atoms with Crippen LogP contribution in [0.2, 0.25) is 36.3 Å². The van der Waals surface area contributed by atoms with E-state index in [1.54, 1.807) is 0 Å². The van der Waals surface area contributed by atoms with Crippen LogP contribution in [0, 0.1) is 0 Å². The van der Waals surface area contributed by atoms with Gasteiger partial charge >= 0.3 is 0 Å². The predicted octanol–water partition coefficient (Wildman–Crippen LogP) is 7.61. The second kappa shape index (κ2) is 8.31. The maximum atomic E-state index is 6.43. The van der Waals surface area contributed by atoms with E-state index in [1.165, 1.54) is 0 Å². The van der Waals surface area contributed by atoms with E-state index >= 15 is 0 Å². The van der Waals surface area contributed by atoms with Gasteiger partial charge in [-0.15, -0.1) is 0 Å². The molecule has 1 aromatic carbocycles. The Morgan fingerprint density at radius 1 is 0.900 bits per heavy atom. The summed E-state index contributed by atoms with van der Waals surface area (Å²) in [4.78, 5) is 9.63. The number of nitrogens with zero attached hydrogens (tertiary/aromatic N) is 3. The largest absolute Gasteiger partial charge is 0.542 e. The van der Waals surface area contributed by atoms with Gasteiger partial charge in [0.2, 0.25) is 5.95 Å². The molecule has 0 spiro atoms. The standard InChI is InChI=1S/C24H39N3OSi2/c1-19(28-30(10,11)24(5,6)7)21-17-18-25-22(26-21)27(20-15-13-12-14-16-20)29(8,9)23(2,3)4/h12-18H,1H2,2-11H3. The van der Waals surface area contributed by atoms with E-state index in [-0.39, 0.29) is 10.1 Å². The quantitative estimate of drug-likeness (QED) is 0.341. The van der Waals surface area contributed by atoms with Crippen LogP contribution >= 0.6 is 0 Å². The molecule has 164 valence electrons. The first kappa shape index (κ1) is 24.3. The maximum Gasteiger partial charge on any atom is 0.250 e. The molecule has 0 radical (unpaired) electrons. The zero-order chi connectivity index (χ0) is 23.0. The SMILES string of the molecule is C=C(O[Si](C)(C)C(C)(C)C)c1ccnc(N(c2ccccc2)[Si](C)(C)C(C)(C)C)n1. The lowest BCUT2D eigenvalue weighted by molar-refractivity contribution is 0.457. The average Bonchev–Trinajstić information content (AvgIpc) is 2.60. The van der Waals surface area contributed by atoms with Gasteiger partial charge in [0, 0.05) is 11.9 Å². The minimum atomic E-state index is -2.00. The van der Waals surface area contributed by atoms with Gasteiger partial charge in [0.1, 0.15) is 11.5 Å².